The van der Waals surface area contributed by atoms with E-state index in [1.165, 1.54) is 18.2 Å². The third-order valence-electron chi connectivity index (χ3n) is 3.20. The molecule has 4 nitrogen and oxygen atoms in total. The highest BCUT2D eigenvalue weighted by molar-refractivity contribution is 5.76. The standard InChI is InChI=1S/C14H15F3N2O2/c1-9-11(7-6-10(8-18)19(9)20)12-4-2-3-5-13(12)21-14(15,16)17/h2-7,9,20H,8,18H2,1H3. The summed E-state index contributed by atoms with van der Waals surface area (Å²) < 4.78 is 41.4. The molecule has 1 aliphatic rings. The number of ether oxygens (including phenoxy) is 1. The van der Waals surface area contributed by atoms with Gasteiger partial charge >= 0.3 is 6.36 Å². The SMILES string of the molecule is CC1C(c2ccccc2OC(F)(F)F)=CC=C(CN)N1O. The van der Waals surface area contributed by atoms with Gasteiger partial charge in [0.05, 0.1) is 11.7 Å². The van der Waals surface area contributed by atoms with E-state index in [2.05, 4.69) is 4.74 Å². The molecule has 0 radical (unpaired) electrons. The molecule has 1 aromatic carbocycles. The molecule has 1 aliphatic heterocycles. The lowest BCUT2D eigenvalue weighted by molar-refractivity contribution is -0.274. The number of allylic oxidation sites excluding steroid dienone is 2. The molecule has 0 aliphatic carbocycles. The minimum Gasteiger partial charge on any atom is -0.405 e. The molecule has 0 spiro atoms. The van der Waals surface area contributed by atoms with E-state index in [1.54, 1.807) is 25.1 Å². The van der Waals surface area contributed by atoms with Gasteiger partial charge in [-0.05, 0) is 24.6 Å². The molecule has 1 atom stereocenters. The average molecular weight is 300 g/mol. The van der Waals surface area contributed by atoms with Crippen LogP contribution in [0.5, 0.6) is 5.75 Å². The number of hydroxylamine groups is 2. The Morgan fingerprint density at radius 1 is 1.29 bits per heavy atom. The summed E-state index contributed by atoms with van der Waals surface area (Å²) in [6.45, 7) is 1.80. The summed E-state index contributed by atoms with van der Waals surface area (Å²) in [5.74, 6) is -0.305. The van der Waals surface area contributed by atoms with Gasteiger partial charge in [0.25, 0.3) is 0 Å². The predicted octanol–water partition coefficient (Wildman–Crippen LogP) is 2.90. The average Bonchev–Trinajstić information content (AvgIpc) is 2.41. The summed E-state index contributed by atoms with van der Waals surface area (Å²) in [5, 5.41) is 10.9. The van der Waals surface area contributed by atoms with Crippen LogP contribution in [-0.2, 0) is 0 Å². The second-order valence-electron chi connectivity index (χ2n) is 4.55. The molecule has 7 heteroatoms. The van der Waals surface area contributed by atoms with Gasteiger partial charge in [-0.3, -0.25) is 10.3 Å². The zero-order valence-electron chi connectivity index (χ0n) is 11.3. The molecule has 2 rings (SSSR count). The van der Waals surface area contributed by atoms with Crippen LogP contribution in [0, 0.1) is 0 Å². The molecule has 21 heavy (non-hydrogen) atoms. The second kappa shape index (κ2) is 5.79. The molecule has 1 unspecified atom stereocenters. The first-order valence-electron chi connectivity index (χ1n) is 6.27. The van der Waals surface area contributed by atoms with E-state index in [9.17, 15) is 18.4 Å². The van der Waals surface area contributed by atoms with Crippen LogP contribution in [0.25, 0.3) is 5.57 Å². The Kier molecular flexibility index (Phi) is 4.24. The Hall–Kier alpha value is -1.99. The van der Waals surface area contributed by atoms with E-state index in [-0.39, 0.29) is 17.9 Å². The fourth-order valence-corrected chi connectivity index (χ4v) is 2.18. The van der Waals surface area contributed by atoms with E-state index in [4.69, 9.17) is 5.73 Å². The minimum atomic E-state index is -4.77. The fraction of sp³-hybridized carbons (Fsp3) is 0.286. The summed E-state index contributed by atoms with van der Waals surface area (Å²) in [6, 6.07) is 5.28. The number of alkyl halides is 3. The van der Waals surface area contributed by atoms with Gasteiger partial charge in [0, 0.05) is 12.1 Å². The van der Waals surface area contributed by atoms with Crippen LogP contribution >= 0.6 is 0 Å². The Bertz CT molecular complexity index is 582. The van der Waals surface area contributed by atoms with Crippen LogP contribution in [0.1, 0.15) is 12.5 Å². The van der Waals surface area contributed by atoms with Gasteiger partial charge in [-0.15, -0.1) is 13.2 Å². The van der Waals surface area contributed by atoms with Gasteiger partial charge in [0.15, 0.2) is 0 Å². The maximum atomic E-state index is 12.4. The Morgan fingerprint density at radius 3 is 2.57 bits per heavy atom. The van der Waals surface area contributed by atoms with Crippen molar-refractivity contribution in [3.8, 4) is 5.75 Å². The molecule has 0 bridgehead atoms. The number of rotatable bonds is 3. The molecule has 3 N–H and O–H groups in total. The van der Waals surface area contributed by atoms with Gasteiger partial charge in [-0.1, -0.05) is 24.3 Å². The maximum absolute atomic E-state index is 12.4. The molecule has 0 saturated carbocycles. The molecule has 0 fully saturated rings. The molecule has 114 valence electrons. The molecular weight excluding hydrogens is 285 g/mol. The van der Waals surface area contributed by atoms with E-state index in [0.29, 0.717) is 11.3 Å². The number of hydrogen-bond donors (Lipinski definition) is 2. The third-order valence-corrected chi connectivity index (χ3v) is 3.20. The highest BCUT2D eigenvalue weighted by atomic mass is 19.4. The van der Waals surface area contributed by atoms with E-state index in [0.717, 1.165) is 5.06 Å². The summed E-state index contributed by atoms with van der Waals surface area (Å²) in [4.78, 5) is 0. The van der Waals surface area contributed by atoms with Crippen LogP contribution in [0.4, 0.5) is 13.2 Å². The maximum Gasteiger partial charge on any atom is 0.573 e. The molecule has 0 saturated heterocycles. The highest BCUT2D eigenvalue weighted by Gasteiger charge is 2.33. The number of hydrogen-bond acceptors (Lipinski definition) is 4. The van der Waals surface area contributed by atoms with Crippen LogP contribution < -0.4 is 10.5 Å². The first-order chi connectivity index (χ1) is 9.83. The zero-order chi connectivity index (χ0) is 15.6. The summed E-state index contributed by atoms with van der Waals surface area (Å²) in [6.07, 6.45) is -1.57. The number of para-hydroxylation sites is 1. The molecule has 1 heterocycles. The third kappa shape index (κ3) is 3.37. The highest BCUT2D eigenvalue weighted by Crippen LogP contribution is 2.35. The largest absolute Gasteiger partial charge is 0.573 e. The van der Waals surface area contributed by atoms with E-state index in [1.807, 2.05) is 0 Å². The Balaban J connectivity index is 2.43. The topological polar surface area (TPSA) is 58.7 Å². The Morgan fingerprint density at radius 2 is 1.95 bits per heavy atom. The van der Waals surface area contributed by atoms with Crippen molar-refractivity contribution in [1.82, 2.24) is 5.06 Å². The number of nitrogens with zero attached hydrogens (tertiary/aromatic N) is 1. The van der Waals surface area contributed by atoms with Crippen LogP contribution in [-0.4, -0.2) is 29.2 Å². The lowest BCUT2D eigenvalue weighted by Crippen LogP contribution is -2.35. The quantitative estimate of drug-likeness (QED) is 0.901. The first-order valence-corrected chi connectivity index (χ1v) is 6.27. The van der Waals surface area contributed by atoms with Crippen LogP contribution in [0.3, 0.4) is 0 Å². The number of nitrogens with two attached hydrogens (primary N) is 1. The number of benzene rings is 1. The van der Waals surface area contributed by atoms with Crippen molar-refractivity contribution in [1.29, 1.82) is 0 Å². The minimum absolute atomic E-state index is 0.130. The van der Waals surface area contributed by atoms with Crippen molar-refractivity contribution in [2.45, 2.75) is 19.3 Å². The van der Waals surface area contributed by atoms with Crippen molar-refractivity contribution in [2.24, 2.45) is 5.73 Å². The van der Waals surface area contributed by atoms with Crippen molar-refractivity contribution < 1.29 is 23.1 Å². The van der Waals surface area contributed by atoms with Crippen LogP contribution in [0.2, 0.25) is 0 Å². The van der Waals surface area contributed by atoms with Gasteiger partial charge < -0.3 is 10.5 Å². The molecule has 0 aromatic heterocycles. The lowest BCUT2D eigenvalue weighted by Gasteiger charge is -2.32. The van der Waals surface area contributed by atoms with Crippen LogP contribution in [0.15, 0.2) is 42.1 Å². The summed E-state index contributed by atoms with van der Waals surface area (Å²) >= 11 is 0. The van der Waals surface area contributed by atoms with Crippen molar-refractivity contribution in [2.75, 3.05) is 6.54 Å². The summed E-state index contributed by atoms with van der Waals surface area (Å²) in [7, 11) is 0. The molecule has 1 aromatic rings. The smallest absolute Gasteiger partial charge is 0.405 e. The van der Waals surface area contributed by atoms with Gasteiger partial charge in [0.1, 0.15) is 5.75 Å². The number of halogens is 3. The molecule has 0 amide bonds. The predicted molar refractivity (Wildman–Crippen MR) is 71.3 cm³/mol. The molecular formula is C14H15F3N2O2. The van der Waals surface area contributed by atoms with Gasteiger partial charge in [-0.25, -0.2) is 0 Å². The normalized spacial score (nSPS) is 19.1. The van der Waals surface area contributed by atoms with E-state index >= 15 is 0 Å². The Labute approximate surface area is 119 Å². The zero-order valence-corrected chi connectivity index (χ0v) is 11.3. The van der Waals surface area contributed by atoms with Gasteiger partial charge in [-0.2, -0.15) is 0 Å². The second-order valence-corrected chi connectivity index (χ2v) is 4.55. The van der Waals surface area contributed by atoms with Gasteiger partial charge in [0.2, 0.25) is 0 Å². The monoisotopic (exact) mass is 300 g/mol. The van der Waals surface area contributed by atoms with Crippen molar-refractivity contribution in [3.63, 3.8) is 0 Å². The van der Waals surface area contributed by atoms with Crippen molar-refractivity contribution >= 4 is 5.57 Å². The van der Waals surface area contributed by atoms with Crippen molar-refractivity contribution in [3.05, 3.63) is 47.7 Å². The first kappa shape index (κ1) is 15.4. The fourth-order valence-electron chi connectivity index (χ4n) is 2.18. The lowest BCUT2D eigenvalue weighted by atomic mass is 9.95. The summed E-state index contributed by atoms with van der Waals surface area (Å²) in [5.41, 5.74) is 6.75. The van der Waals surface area contributed by atoms with E-state index < -0.39 is 12.4 Å².